The van der Waals surface area contributed by atoms with Gasteiger partial charge in [0.15, 0.2) is 0 Å². The van der Waals surface area contributed by atoms with E-state index >= 15 is 0 Å². The van der Waals surface area contributed by atoms with Crippen LogP contribution < -0.4 is 31.9 Å². The number of phenolic OH excluding ortho intramolecular Hbond substituents is 2. The maximum atomic E-state index is 12.0. The summed E-state index contributed by atoms with van der Waals surface area (Å²) < 4.78 is 0. The van der Waals surface area contributed by atoms with Gasteiger partial charge in [0.25, 0.3) is 0 Å². The van der Waals surface area contributed by atoms with Crippen LogP contribution >= 0.6 is 0 Å². The summed E-state index contributed by atoms with van der Waals surface area (Å²) in [6, 6.07) is 24.4. The Morgan fingerprint density at radius 3 is 1.08 bits per heavy atom. The summed E-state index contributed by atoms with van der Waals surface area (Å²) in [6.45, 7) is 22.7. The summed E-state index contributed by atoms with van der Waals surface area (Å²) in [5.74, 6) is 0.321. The minimum Gasteiger partial charge on any atom is -0.505 e. The molecule has 0 saturated heterocycles. The molecule has 0 fully saturated rings. The molecular weight excluding hydrogens is 608 g/mol. The van der Waals surface area contributed by atoms with Crippen LogP contribution in [0.25, 0.3) is 0 Å². The summed E-state index contributed by atoms with van der Waals surface area (Å²) in [4.78, 5) is 0. The molecule has 8 heteroatoms. The standard InChI is InChI=1S/C41H54N6O2/c1-38(2,3)24-40(7,8)28-20-26(36(48)34(22-28)46-42-30-15-11-12-16-31(30)43-46)19-27-21-29(41(9,10)25-39(4,5)6)23-35(37(27)49)47-44-32-17-13-14-18-33(32)45-47/h11-18,20-23,42-45,48-49H,19,24-25H2,1-10H3. The van der Waals surface area contributed by atoms with E-state index in [0.717, 1.165) is 57.8 Å². The molecule has 8 nitrogen and oxygen atoms in total. The number of anilines is 6. The first kappa shape index (κ1) is 34.2. The second-order valence-electron chi connectivity index (χ2n) is 17.6. The van der Waals surface area contributed by atoms with E-state index in [1.807, 2.05) is 48.5 Å². The quantitative estimate of drug-likeness (QED) is 0.111. The molecule has 0 radical (unpaired) electrons. The average molecular weight is 663 g/mol. The first-order chi connectivity index (χ1) is 22.8. The van der Waals surface area contributed by atoms with Crippen LogP contribution in [0, 0.1) is 10.8 Å². The fraction of sp³-hybridized carbons (Fsp3) is 0.415. The highest BCUT2D eigenvalue weighted by Gasteiger charge is 2.33. The predicted molar refractivity (Wildman–Crippen MR) is 206 cm³/mol. The third-order valence-corrected chi connectivity index (χ3v) is 9.49. The van der Waals surface area contributed by atoms with Crippen molar-refractivity contribution in [1.82, 2.24) is 0 Å². The molecule has 6 N–H and O–H groups in total. The molecule has 2 aliphatic rings. The van der Waals surface area contributed by atoms with E-state index in [2.05, 4.69) is 115 Å². The largest absolute Gasteiger partial charge is 0.505 e. The van der Waals surface area contributed by atoms with E-state index in [-0.39, 0.29) is 33.2 Å². The molecule has 0 atom stereocenters. The van der Waals surface area contributed by atoms with Gasteiger partial charge < -0.3 is 10.2 Å². The molecule has 0 unspecified atom stereocenters. The van der Waals surface area contributed by atoms with Crippen LogP contribution in [-0.2, 0) is 17.3 Å². The van der Waals surface area contributed by atoms with Crippen molar-refractivity contribution in [1.29, 1.82) is 0 Å². The first-order valence-electron chi connectivity index (χ1n) is 17.4. The van der Waals surface area contributed by atoms with Gasteiger partial charge in [0.1, 0.15) is 22.9 Å². The topological polar surface area (TPSA) is 95.1 Å². The zero-order valence-electron chi connectivity index (χ0n) is 30.8. The van der Waals surface area contributed by atoms with Gasteiger partial charge in [-0.1, -0.05) is 106 Å². The minimum atomic E-state index is -0.194. The zero-order chi connectivity index (χ0) is 35.5. The maximum absolute atomic E-state index is 12.0. The summed E-state index contributed by atoms with van der Waals surface area (Å²) in [5.41, 5.74) is 22.2. The highest BCUT2D eigenvalue weighted by atomic mass is 16.3. The third-order valence-electron chi connectivity index (χ3n) is 9.49. The number of para-hydroxylation sites is 4. The van der Waals surface area contributed by atoms with Crippen molar-refractivity contribution in [2.45, 2.75) is 99.3 Å². The second-order valence-corrected chi connectivity index (χ2v) is 17.6. The Bertz CT molecular complexity index is 1680. The Morgan fingerprint density at radius 2 is 0.796 bits per heavy atom. The lowest BCUT2D eigenvalue weighted by molar-refractivity contribution is 0.283. The predicted octanol–water partition coefficient (Wildman–Crippen LogP) is 10.5. The fourth-order valence-electron chi connectivity index (χ4n) is 7.94. The van der Waals surface area contributed by atoms with E-state index in [9.17, 15) is 10.2 Å². The number of phenols is 2. The Balaban J connectivity index is 1.47. The molecular formula is C41H54N6O2. The number of rotatable bonds is 8. The number of fused-ring (bicyclic) bond motifs is 2. The molecule has 2 heterocycles. The van der Waals surface area contributed by atoms with E-state index in [4.69, 9.17) is 0 Å². The van der Waals surface area contributed by atoms with E-state index < -0.39 is 0 Å². The highest BCUT2D eigenvalue weighted by Crippen LogP contribution is 2.47. The van der Waals surface area contributed by atoms with Crippen molar-refractivity contribution in [3.8, 4) is 11.5 Å². The van der Waals surface area contributed by atoms with Crippen LogP contribution in [-0.4, -0.2) is 10.2 Å². The minimum absolute atomic E-state index is 0.0928. The molecule has 6 rings (SSSR count). The van der Waals surface area contributed by atoms with Crippen molar-refractivity contribution in [2.75, 3.05) is 31.9 Å². The molecule has 0 saturated carbocycles. The van der Waals surface area contributed by atoms with Crippen molar-refractivity contribution in [3.63, 3.8) is 0 Å². The number of benzene rings is 4. The van der Waals surface area contributed by atoms with E-state index in [0.29, 0.717) is 17.8 Å². The van der Waals surface area contributed by atoms with Crippen LogP contribution in [0.1, 0.15) is 104 Å². The number of hydrogen-bond donors (Lipinski definition) is 6. The Labute approximate surface area is 292 Å². The molecule has 4 aromatic carbocycles. The van der Waals surface area contributed by atoms with Gasteiger partial charge in [-0.25, -0.2) is 0 Å². The second kappa shape index (κ2) is 12.0. The van der Waals surface area contributed by atoms with Gasteiger partial charge in [0.05, 0.1) is 22.7 Å². The zero-order valence-corrected chi connectivity index (χ0v) is 30.8. The number of hydrogen-bond acceptors (Lipinski definition) is 8. The van der Waals surface area contributed by atoms with Crippen LogP contribution in [0.5, 0.6) is 11.5 Å². The van der Waals surface area contributed by atoms with Gasteiger partial charge in [-0.2, -0.15) is 10.2 Å². The van der Waals surface area contributed by atoms with E-state index in [1.165, 1.54) is 0 Å². The summed E-state index contributed by atoms with van der Waals surface area (Å²) in [6.07, 6.45) is 2.23. The van der Waals surface area contributed by atoms with E-state index in [1.54, 1.807) is 10.2 Å². The number of nitrogens with one attached hydrogen (secondary N) is 4. The SMILES string of the molecule is CC(C)(C)CC(C)(C)c1cc(Cc2cc(C(C)(C)CC(C)(C)C)cc(N3Nc4ccccc4N3)c2O)c(O)c(N2Nc3ccccc3N2)c1. The Hall–Kier alpha value is -4.72. The first-order valence-corrected chi connectivity index (χ1v) is 17.4. The lowest BCUT2D eigenvalue weighted by atomic mass is 9.71. The molecule has 4 aromatic rings. The van der Waals surface area contributed by atoms with Crippen LogP contribution in [0.3, 0.4) is 0 Å². The Kier molecular flexibility index (Phi) is 8.37. The normalized spacial score (nSPS) is 14.5. The summed E-state index contributed by atoms with van der Waals surface area (Å²) in [5, 5.41) is 27.7. The number of aromatic hydroxyl groups is 2. The van der Waals surface area contributed by atoms with Crippen molar-refractivity contribution >= 4 is 34.1 Å². The molecule has 0 aliphatic carbocycles. The molecule has 2 aliphatic heterocycles. The van der Waals surface area contributed by atoms with Gasteiger partial charge >= 0.3 is 0 Å². The summed E-state index contributed by atoms with van der Waals surface area (Å²) in [7, 11) is 0. The smallest absolute Gasteiger partial charge is 0.146 e. The van der Waals surface area contributed by atoms with Crippen molar-refractivity contribution in [2.24, 2.45) is 10.8 Å². The average Bonchev–Trinajstić information content (AvgIpc) is 3.61. The van der Waals surface area contributed by atoms with Gasteiger partial charge in [-0.3, -0.25) is 21.7 Å². The van der Waals surface area contributed by atoms with Crippen molar-refractivity contribution < 1.29 is 10.2 Å². The third kappa shape index (κ3) is 7.19. The Morgan fingerprint density at radius 1 is 0.490 bits per heavy atom. The summed E-state index contributed by atoms with van der Waals surface area (Å²) >= 11 is 0. The highest BCUT2D eigenvalue weighted by molar-refractivity contribution is 5.83. The lowest BCUT2D eigenvalue weighted by Crippen LogP contribution is -2.31. The molecule has 0 spiro atoms. The van der Waals surface area contributed by atoms with Crippen molar-refractivity contribution in [3.05, 3.63) is 95.1 Å². The van der Waals surface area contributed by atoms with Gasteiger partial charge in [-0.05, 0) is 82.0 Å². The van der Waals surface area contributed by atoms with Gasteiger partial charge in [-0.15, -0.1) is 0 Å². The molecule has 260 valence electrons. The van der Waals surface area contributed by atoms with Crippen LogP contribution in [0.15, 0.2) is 72.8 Å². The maximum Gasteiger partial charge on any atom is 0.146 e. The number of nitrogens with zero attached hydrogens (tertiary/aromatic N) is 2. The van der Waals surface area contributed by atoms with Crippen LogP contribution in [0.4, 0.5) is 34.1 Å². The molecule has 0 aromatic heterocycles. The number of hydrazine groups is 4. The molecule has 0 amide bonds. The fourth-order valence-corrected chi connectivity index (χ4v) is 7.94. The molecule has 49 heavy (non-hydrogen) atoms. The lowest BCUT2D eigenvalue weighted by Gasteiger charge is -2.35. The monoisotopic (exact) mass is 662 g/mol. The molecule has 0 bridgehead atoms. The van der Waals surface area contributed by atoms with Gasteiger partial charge in [0, 0.05) is 17.5 Å². The van der Waals surface area contributed by atoms with Crippen LogP contribution in [0.2, 0.25) is 0 Å². The van der Waals surface area contributed by atoms with Gasteiger partial charge in [0.2, 0.25) is 0 Å².